The summed E-state index contributed by atoms with van der Waals surface area (Å²) in [4.78, 5) is 14.8. The fourth-order valence-corrected chi connectivity index (χ4v) is 5.17. The molecular weight excluding hydrogens is 248 g/mol. The normalized spacial score (nSPS) is 39.6. The second-order valence-corrected chi connectivity index (χ2v) is 7.55. The minimum absolute atomic E-state index is 0.0949. The van der Waals surface area contributed by atoms with E-state index in [0.29, 0.717) is 36.2 Å². The van der Waals surface area contributed by atoms with Crippen LogP contribution in [0.1, 0.15) is 65.2 Å². The van der Waals surface area contributed by atoms with Crippen molar-refractivity contribution < 1.29 is 4.79 Å². The molecule has 2 aliphatic heterocycles. The van der Waals surface area contributed by atoms with Gasteiger partial charge in [0.25, 0.3) is 0 Å². The Labute approximate surface area is 122 Å². The van der Waals surface area contributed by atoms with E-state index in [1.54, 1.807) is 0 Å². The van der Waals surface area contributed by atoms with Crippen LogP contribution in [0.5, 0.6) is 0 Å². The Bertz CT molecular complexity index is 423. The molecule has 0 radical (unpaired) electrons. The second kappa shape index (κ2) is 5.06. The van der Waals surface area contributed by atoms with Crippen LogP contribution in [-0.2, 0) is 4.79 Å². The molecule has 0 aromatic heterocycles. The van der Waals surface area contributed by atoms with Gasteiger partial charge in [-0.3, -0.25) is 4.79 Å². The summed E-state index contributed by atoms with van der Waals surface area (Å²) in [5.74, 6) is 1.55. The van der Waals surface area contributed by atoms with E-state index in [4.69, 9.17) is 0 Å². The Morgan fingerprint density at radius 2 is 2.00 bits per heavy atom. The molecule has 1 amide bonds. The van der Waals surface area contributed by atoms with E-state index in [2.05, 4.69) is 24.8 Å². The van der Waals surface area contributed by atoms with E-state index >= 15 is 0 Å². The topological polar surface area (TPSA) is 44.1 Å². The molecule has 3 nitrogen and oxygen atoms in total. The first-order valence-electron chi connectivity index (χ1n) is 8.29. The van der Waals surface area contributed by atoms with Crippen LogP contribution in [0.15, 0.2) is 0 Å². The molecule has 2 saturated carbocycles. The lowest BCUT2D eigenvalue weighted by atomic mass is 9.56. The summed E-state index contributed by atoms with van der Waals surface area (Å²) in [5, 5.41) is 9.52. The third kappa shape index (κ3) is 2.24. The molecule has 3 unspecified atom stereocenters. The summed E-state index contributed by atoms with van der Waals surface area (Å²) in [6, 6.07) is 3.32. The second-order valence-electron chi connectivity index (χ2n) is 7.55. The van der Waals surface area contributed by atoms with Crippen LogP contribution in [-0.4, -0.2) is 22.9 Å². The van der Waals surface area contributed by atoms with Gasteiger partial charge < -0.3 is 4.90 Å². The lowest BCUT2D eigenvalue weighted by Crippen LogP contribution is -2.63. The number of nitriles is 1. The Hall–Kier alpha value is -1.04. The van der Waals surface area contributed by atoms with Gasteiger partial charge in [-0.05, 0) is 43.9 Å². The molecule has 20 heavy (non-hydrogen) atoms. The van der Waals surface area contributed by atoms with Gasteiger partial charge in [-0.2, -0.15) is 5.26 Å². The standard InChI is InChI=1S/C17H26N2O/c1-3-4-12(2)5-16(20)19-14-6-13-7-15(19)10-17(8-13,9-14)11-18/h12-15H,3-10H2,1-2H3. The number of hydrogen-bond acceptors (Lipinski definition) is 2. The maximum Gasteiger partial charge on any atom is 0.223 e. The number of rotatable bonds is 4. The fourth-order valence-electron chi connectivity index (χ4n) is 5.17. The van der Waals surface area contributed by atoms with Crippen LogP contribution >= 0.6 is 0 Å². The van der Waals surface area contributed by atoms with E-state index in [1.807, 2.05) is 0 Å². The van der Waals surface area contributed by atoms with E-state index in [1.165, 1.54) is 0 Å². The minimum Gasteiger partial charge on any atom is -0.337 e. The summed E-state index contributed by atoms with van der Waals surface area (Å²) in [5.41, 5.74) is -0.0949. The minimum atomic E-state index is -0.0949. The highest BCUT2D eigenvalue weighted by molar-refractivity contribution is 5.77. The van der Waals surface area contributed by atoms with Crippen molar-refractivity contribution in [3.63, 3.8) is 0 Å². The molecule has 4 aliphatic rings. The zero-order chi connectivity index (χ0) is 14.3. The van der Waals surface area contributed by atoms with Crippen molar-refractivity contribution in [2.24, 2.45) is 17.3 Å². The summed E-state index contributed by atoms with van der Waals surface area (Å²) in [7, 11) is 0. The SMILES string of the molecule is CCCC(C)CC(=O)N1C2CC3CC1CC(C#N)(C3)C2. The van der Waals surface area contributed by atoms with Crippen molar-refractivity contribution >= 4 is 5.91 Å². The first-order chi connectivity index (χ1) is 9.57. The van der Waals surface area contributed by atoms with Crippen molar-refractivity contribution in [1.82, 2.24) is 4.90 Å². The van der Waals surface area contributed by atoms with Gasteiger partial charge in [0.1, 0.15) is 0 Å². The highest BCUT2D eigenvalue weighted by atomic mass is 16.2. The molecule has 4 fully saturated rings. The summed E-state index contributed by atoms with van der Waals surface area (Å²) < 4.78 is 0. The predicted molar refractivity (Wildman–Crippen MR) is 77.7 cm³/mol. The number of piperidine rings is 2. The van der Waals surface area contributed by atoms with Gasteiger partial charge in [-0.15, -0.1) is 0 Å². The maximum absolute atomic E-state index is 12.7. The molecule has 110 valence electrons. The lowest BCUT2D eigenvalue weighted by Gasteiger charge is -2.59. The molecule has 2 saturated heterocycles. The van der Waals surface area contributed by atoms with E-state index < -0.39 is 0 Å². The summed E-state index contributed by atoms with van der Waals surface area (Å²) in [6.07, 6.45) is 8.24. The van der Waals surface area contributed by atoms with Gasteiger partial charge >= 0.3 is 0 Å². The van der Waals surface area contributed by atoms with Crippen LogP contribution in [0.2, 0.25) is 0 Å². The number of carbonyl (C=O) groups is 1. The molecule has 0 N–H and O–H groups in total. The largest absolute Gasteiger partial charge is 0.337 e. The highest BCUT2D eigenvalue weighted by Crippen LogP contribution is 2.55. The van der Waals surface area contributed by atoms with Crippen LogP contribution < -0.4 is 0 Å². The van der Waals surface area contributed by atoms with Crippen molar-refractivity contribution in [2.75, 3.05) is 0 Å². The van der Waals surface area contributed by atoms with Gasteiger partial charge in [-0.1, -0.05) is 26.7 Å². The number of amides is 1. The lowest BCUT2D eigenvalue weighted by molar-refractivity contribution is -0.154. The average Bonchev–Trinajstić information content (AvgIpc) is 2.37. The quantitative estimate of drug-likeness (QED) is 0.787. The third-order valence-corrected chi connectivity index (χ3v) is 5.76. The van der Waals surface area contributed by atoms with E-state index in [-0.39, 0.29) is 5.41 Å². The number of carbonyl (C=O) groups excluding carboxylic acids is 1. The van der Waals surface area contributed by atoms with Crippen LogP contribution in [0.4, 0.5) is 0 Å². The first kappa shape index (κ1) is 13.9. The first-order valence-corrected chi connectivity index (χ1v) is 8.29. The predicted octanol–water partition coefficient (Wildman–Crippen LogP) is 3.50. The number of hydrogen-bond donors (Lipinski definition) is 0. The molecule has 2 aliphatic carbocycles. The summed E-state index contributed by atoms with van der Waals surface area (Å²) >= 11 is 0. The Balaban J connectivity index is 1.71. The van der Waals surface area contributed by atoms with Crippen LogP contribution in [0.25, 0.3) is 0 Å². The van der Waals surface area contributed by atoms with Crippen molar-refractivity contribution in [3.8, 4) is 6.07 Å². The smallest absolute Gasteiger partial charge is 0.223 e. The Morgan fingerprint density at radius 3 is 2.55 bits per heavy atom. The molecule has 0 aromatic carbocycles. The average molecular weight is 274 g/mol. The maximum atomic E-state index is 12.7. The van der Waals surface area contributed by atoms with Crippen LogP contribution in [0.3, 0.4) is 0 Å². The molecule has 3 atom stereocenters. The molecule has 4 bridgehead atoms. The molecule has 3 heteroatoms. The van der Waals surface area contributed by atoms with Gasteiger partial charge in [-0.25, -0.2) is 0 Å². The fraction of sp³-hybridized carbons (Fsp3) is 0.882. The van der Waals surface area contributed by atoms with E-state index in [0.717, 1.165) is 44.9 Å². The van der Waals surface area contributed by atoms with Gasteiger partial charge in [0.15, 0.2) is 0 Å². The molecular formula is C17H26N2O. The monoisotopic (exact) mass is 274 g/mol. The van der Waals surface area contributed by atoms with Gasteiger partial charge in [0.05, 0.1) is 11.5 Å². The Morgan fingerprint density at radius 1 is 1.35 bits per heavy atom. The number of nitrogens with zero attached hydrogens (tertiary/aromatic N) is 2. The van der Waals surface area contributed by atoms with Crippen molar-refractivity contribution in [3.05, 3.63) is 0 Å². The molecule has 0 spiro atoms. The molecule has 2 heterocycles. The third-order valence-electron chi connectivity index (χ3n) is 5.76. The molecule has 4 rings (SSSR count). The van der Waals surface area contributed by atoms with E-state index in [9.17, 15) is 10.1 Å². The zero-order valence-corrected chi connectivity index (χ0v) is 12.8. The van der Waals surface area contributed by atoms with Crippen LogP contribution in [0, 0.1) is 28.6 Å². The van der Waals surface area contributed by atoms with Gasteiger partial charge in [0.2, 0.25) is 5.91 Å². The molecule has 0 aromatic rings. The zero-order valence-electron chi connectivity index (χ0n) is 12.8. The Kier molecular flexibility index (Phi) is 3.52. The summed E-state index contributed by atoms with van der Waals surface area (Å²) in [6.45, 7) is 4.37. The van der Waals surface area contributed by atoms with Crippen molar-refractivity contribution in [2.45, 2.75) is 77.3 Å². The highest BCUT2D eigenvalue weighted by Gasteiger charge is 2.55. The van der Waals surface area contributed by atoms with Gasteiger partial charge in [0, 0.05) is 18.5 Å². The van der Waals surface area contributed by atoms with Crippen molar-refractivity contribution in [1.29, 1.82) is 5.26 Å².